The average molecular weight is 244 g/mol. The fourth-order valence-electron chi connectivity index (χ4n) is 2.00. The van der Waals surface area contributed by atoms with Crippen molar-refractivity contribution in [3.63, 3.8) is 0 Å². The fourth-order valence-corrected chi connectivity index (χ4v) is 2.00. The van der Waals surface area contributed by atoms with E-state index in [4.69, 9.17) is 0 Å². The summed E-state index contributed by atoms with van der Waals surface area (Å²) in [5.41, 5.74) is 2.27. The lowest BCUT2D eigenvalue weighted by atomic mass is 10.1. The molecule has 18 heavy (non-hydrogen) atoms. The van der Waals surface area contributed by atoms with Crippen molar-refractivity contribution in [2.75, 3.05) is 5.32 Å². The lowest BCUT2D eigenvalue weighted by Gasteiger charge is -2.15. The normalized spacial score (nSPS) is 12.4. The number of aryl methyl sites for hydroxylation is 2. The SMILES string of the molecule is CCCn1cc(C)nc1NC(C)c1ccncc1. The van der Waals surface area contributed by atoms with Crippen LogP contribution in [0.5, 0.6) is 0 Å². The Kier molecular flexibility index (Phi) is 3.97. The third-order valence-corrected chi connectivity index (χ3v) is 2.91. The van der Waals surface area contributed by atoms with Crippen LogP contribution in [0.1, 0.15) is 37.6 Å². The molecule has 1 unspecified atom stereocenters. The number of hydrogen-bond donors (Lipinski definition) is 1. The standard InChI is InChI=1S/C14H20N4/c1-4-9-18-10-11(2)16-14(18)17-12(3)13-5-7-15-8-6-13/h5-8,10,12H,4,9H2,1-3H3,(H,16,17). The molecule has 4 heteroatoms. The van der Waals surface area contributed by atoms with Crippen molar-refractivity contribution in [1.29, 1.82) is 0 Å². The van der Waals surface area contributed by atoms with Crippen molar-refractivity contribution in [1.82, 2.24) is 14.5 Å². The van der Waals surface area contributed by atoms with Crippen molar-refractivity contribution >= 4 is 5.95 Å². The van der Waals surface area contributed by atoms with E-state index in [1.165, 1.54) is 5.56 Å². The average Bonchev–Trinajstić information content (AvgIpc) is 2.71. The van der Waals surface area contributed by atoms with Crippen LogP contribution in [0.3, 0.4) is 0 Å². The maximum Gasteiger partial charge on any atom is 0.203 e. The van der Waals surface area contributed by atoms with Crippen LogP contribution in [0, 0.1) is 6.92 Å². The Morgan fingerprint density at radius 1 is 1.33 bits per heavy atom. The van der Waals surface area contributed by atoms with Crippen molar-refractivity contribution in [2.45, 2.75) is 39.8 Å². The number of nitrogens with one attached hydrogen (secondary N) is 1. The highest BCUT2D eigenvalue weighted by molar-refractivity contribution is 5.33. The molecular formula is C14H20N4. The molecule has 0 aliphatic carbocycles. The number of pyridine rings is 1. The van der Waals surface area contributed by atoms with E-state index < -0.39 is 0 Å². The smallest absolute Gasteiger partial charge is 0.203 e. The molecule has 1 N–H and O–H groups in total. The molecule has 0 fully saturated rings. The second-order valence-corrected chi connectivity index (χ2v) is 4.55. The predicted octanol–water partition coefficient (Wildman–Crippen LogP) is 3.17. The van der Waals surface area contributed by atoms with Gasteiger partial charge in [-0.25, -0.2) is 4.98 Å². The summed E-state index contributed by atoms with van der Waals surface area (Å²) in [7, 11) is 0. The molecule has 2 rings (SSSR count). The van der Waals surface area contributed by atoms with Gasteiger partial charge < -0.3 is 9.88 Å². The molecule has 96 valence electrons. The Balaban J connectivity index is 2.13. The third kappa shape index (κ3) is 2.88. The Hall–Kier alpha value is -1.84. The van der Waals surface area contributed by atoms with Gasteiger partial charge in [-0.3, -0.25) is 4.98 Å². The first kappa shape index (κ1) is 12.6. The molecule has 0 aliphatic rings. The van der Waals surface area contributed by atoms with E-state index >= 15 is 0 Å². The Morgan fingerprint density at radius 2 is 2.06 bits per heavy atom. The zero-order valence-corrected chi connectivity index (χ0v) is 11.2. The minimum atomic E-state index is 0.227. The van der Waals surface area contributed by atoms with E-state index in [-0.39, 0.29) is 6.04 Å². The van der Waals surface area contributed by atoms with Gasteiger partial charge in [-0.2, -0.15) is 0 Å². The molecule has 0 aromatic carbocycles. The highest BCUT2D eigenvalue weighted by Gasteiger charge is 2.09. The topological polar surface area (TPSA) is 42.7 Å². The number of aromatic nitrogens is 3. The number of nitrogens with zero attached hydrogens (tertiary/aromatic N) is 3. The molecule has 2 aromatic heterocycles. The molecule has 0 saturated heterocycles. The Morgan fingerprint density at radius 3 is 2.72 bits per heavy atom. The molecule has 2 aromatic rings. The predicted molar refractivity (Wildman–Crippen MR) is 73.5 cm³/mol. The van der Waals surface area contributed by atoms with Crippen molar-refractivity contribution in [3.8, 4) is 0 Å². The van der Waals surface area contributed by atoms with Crippen LogP contribution in [-0.4, -0.2) is 14.5 Å². The highest BCUT2D eigenvalue weighted by Crippen LogP contribution is 2.18. The summed E-state index contributed by atoms with van der Waals surface area (Å²) in [4.78, 5) is 8.57. The minimum Gasteiger partial charge on any atom is -0.349 e. The van der Waals surface area contributed by atoms with Crippen LogP contribution in [0.15, 0.2) is 30.7 Å². The summed E-state index contributed by atoms with van der Waals surface area (Å²) < 4.78 is 2.17. The molecular weight excluding hydrogens is 224 g/mol. The molecule has 1 atom stereocenters. The van der Waals surface area contributed by atoms with Crippen LogP contribution >= 0.6 is 0 Å². The van der Waals surface area contributed by atoms with Gasteiger partial charge in [-0.15, -0.1) is 0 Å². The van der Waals surface area contributed by atoms with Crippen LogP contribution in [-0.2, 0) is 6.54 Å². The Bertz CT molecular complexity index is 490. The first-order valence-corrected chi connectivity index (χ1v) is 6.41. The van der Waals surface area contributed by atoms with E-state index in [1.807, 2.05) is 31.5 Å². The van der Waals surface area contributed by atoms with E-state index in [9.17, 15) is 0 Å². The first-order valence-electron chi connectivity index (χ1n) is 6.41. The number of imidazole rings is 1. The molecule has 0 saturated carbocycles. The van der Waals surface area contributed by atoms with Gasteiger partial charge in [-0.05, 0) is 38.0 Å². The van der Waals surface area contributed by atoms with Gasteiger partial charge in [0.2, 0.25) is 5.95 Å². The lowest BCUT2D eigenvalue weighted by molar-refractivity contribution is 0.674. The third-order valence-electron chi connectivity index (χ3n) is 2.91. The summed E-state index contributed by atoms with van der Waals surface area (Å²) in [6.45, 7) is 7.32. The Labute approximate surface area is 108 Å². The number of rotatable bonds is 5. The molecule has 0 spiro atoms. The fraction of sp³-hybridized carbons (Fsp3) is 0.429. The van der Waals surface area contributed by atoms with Gasteiger partial charge in [0.15, 0.2) is 0 Å². The second-order valence-electron chi connectivity index (χ2n) is 4.55. The number of hydrogen-bond acceptors (Lipinski definition) is 3. The first-order chi connectivity index (χ1) is 8.70. The van der Waals surface area contributed by atoms with Gasteiger partial charge in [0.05, 0.1) is 11.7 Å². The van der Waals surface area contributed by atoms with Crippen molar-refractivity contribution in [2.24, 2.45) is 0 Å². The quantitative estimate of drug-likeness (QED) is 0.878. The van der Waals surface area contributed by atoms with Gasteiger partial charge in [0.25, 0.3) is 0 Å². The van der Waals surface area contributed by atoms with Crippen LogP contribution in [0.25, 0.3) is 0 Å². The number of anilines is 1. The maximum absolute atomic E-state index is 4.53. The van der Waals surface area contributed by atoms with Gasteiger partial charge in [0.1, 0.15) is 0 Å². The van der Waals surface area contributed by atoms with E-state index in [0.29, 0.717) is 0 Å². The molecule has 0 aliphatic heterocycles. The zero-order valence-electron chi connectivity index (χ0n) is 11.2. The second kappa shape index (κ2) is 5.67. The monoisotopic (exact) mass is 244 g/mol. The van der Waals surface area contributed by atoms with Gasteiger partial charge >= 0.3 is 0 Å². The zero-order chi connectivity index (χ0) is 13.0. The van der Waals surface area contributed by atoms with E-state index in [1.54, 1.807) is 0 Å². The molecule has 2 heterocycles. The van der Waals surface area contributed by atoms with Crippen LogP contribution in [0.4, 0.5) is 5.95 Å². The van der Waals surface area contributed by atoms with Gasteiger partial charge in [0, 0.05) is 25.1 Å². The summed E-state index contributed by atoms with van der Waals surface area (Å²) in [6, 6.07) is 4.28. The molecule has 0 bridgehead atoms. The molecule has 0 amide bonds. The summed E-state index contributed by atoms with van der Waals surface area (Å²) in [5.74, 6) is 0.943. The molecule has 4 nitrogen and oxygen atoms in total. The largest absolute Gasteiger partial charge is 0.349 e. The van der Waals surface area contributed by atoms with Crippen molar-refractivity contribution < 1.29 is 0 Å². The summed E-state index contributed by atoms with van der Waals surface area (Å²) >= 11 is 0. The van der Waals surface area contributed by atoms with Crippen LogP contribution < -0.4 is 5.32 Å². The van der Waals surface area contributed by atoms with E-state index in [2.05, 4.69) is 39.9 Å². The molecule has 0 radical (unpaired) electrons. The summed E-state index contributed by atoms with van der Waals surface area (Å²) in [5, 5.41) is 3.46. The van der Waals surface area contributed by atoms with Crippen LogP contribution in [0.2, 0.25) is 0 Å². The van der Waals surface area contributed by atoms with Gasteiger partial charge in [-0.1, -0.05) is 6.92 Å². The highest BCUT2D eigenvalue weighted by atomic mass is 15.2. The summed E-state index contributed by atoms with van der Waals surface area (Å²) in [6.07, 6.45) is 6.83. The maximum atomic E-state index is 4.53. The van der Waals surface area contributed by atoms with Crippen molar-refractivity contribution in [3.05, 3.63) is 42.0 Å². The minimum absolute atomic E-state index is 0.227. The lowest BCUT2D eigenvalue weighted by Crippen LogP contribution is -2.11. The van der Waals surface area contributed by atoms with E-state index in [0.717, 1.165) is 24.6 Å².